The van der Waals surface area contributed by atoms with Gasteiger partial charge in [-0.25, -0.2) is 0 Å². The molecular weight excluding hydrogens is 486 g/mol. The topological polar surface area (TPSA) is 12.5 Å². The smallest absolute Gasteiger partial charge is 0.0806 e. The van der Waals surface area contributed by atoms with Crippen LogP contribution in [0.1, 0.15) is 93.6 Å². The van der Waals surface area contributed by atoms with Gasteiger partial charge in [0.05, 0.1) is 12.2 Å². The van der Waals surface area contributed by atoms with Crippen molar-refractivity contribution < 1.29 is 4.74 Å². The molecule has 0 spiro atoms. The van der Waals surface area contributed by atoms with Crippen molar-refractivity contribution in [1.82, 2.24) is 4.90 Å². The van der Waals surface area contributed by atoms with Gasteiger partial charge in [-0.2, -0.15) is 0 Å². The summed E-state index contributed by atoms with van der Waals surface area (Å²) in [5.41, 5.74) is 3.12. The highest BCUT2D eigenvalue weighted by Crippen LogP contribution is 2.68. The largest absolute Gasteiger partial charge is 0.370 e. The third-order valence-electron chi connectivity index (χ3n) is 14.5. The highest BCUT2D eigenvalue weighted by molar-refractivity contribution is 5.31. The minimum Gasteiger partial charge on any atom is -0.370 e. The van der Waals surface area contributed by atoms with Crippen molar-refractivity contribution in [1.29, 1.82) is 0 Å². The Balaban J connectivity index is 1.17. The maximum atomic E-state index is 7.83. The summed E-state index contributed by atoms with van der Waals surface area (Å²) in [7, 11) is 0. The number of ether oxygens (including phenoxy) is 1. The molecule has 3 aliphatic heterocycles. The van der Waals surface area contributed by atoms with E-state index in [-0.39, 0.29) is 0 Å². The van der Waals surface area contributed by atoms with Gasteiger partial charge in [-0.05, 0) is 97.0 Å². The zero-order valence-corrected chi connectivity index (χ0v) is 24.1. The summed E-state index contributed by atoms with van der Waals surface area (Å²) >= 11 is 0. The normalized spacial score (nSPS) is 52.0. The number of fused-ring (bicyclic) bond motifs is 2. The number of nitrogens with zero attached hydrogens (tertiary/aromatic N) is 1. The van der Waals surface area contributed by atoms with E-state index in [4.69, 9.17) is 4.74 Å². The molecular formula is C38H47NO. The zero-order valence-electron chi connectivity index (χ0n) is 24.1. The van der Waals surface area contributed by atoms with Crippen LogP contribution in [0, 0.1) is 47.3 Å². The molecule has 3 heterocycles. The van der Waals surface area contributed by atoms with Gasteiger partial charge in [0, 0.05) is 30.0 Å². The monoisotopic (exact) mass is 533 g/mol. The third-order valence-corrected chi connectivity index (χ3v) is 14.5. The molecule has 0 N–H and O–H groups in total. The third kappa shape index (κ3) is 3.14. The molecule has 40 heavy (non-hydrogen) atoms. The van der Waals surface area contributed by atoms with E-state index in [1.807, 2.05) is 0 Å². The SMILES string of the molecule is c1ccc(C2CC3CCCC4C5CCCC6C7CCCC8CC(c9ccccc9)C9OC2C(C34)N(C56)C9C87)cc1. The van der Waals surface area contributed by atoms with Gasteiger partial charge in [0.15, 0.2) is 0 Å². The van der Waals surface area contributed by atoms with Gasteiger partial charge in [0.25, 0.3) is 0 Å². The van der Waals surface area contributed by atoms with Gasteiger partial charge in [-0.1, -0.05) is 92.8 Å². The average molecular weight is 534 g/mol. The van der Waals surface area contributed by atoms with Gasteiger partial charge >= 0.3 is 0 Å². The van der Waals surface area contributed by atoms with Crippen LogP contribution < -0.4 is 0 Å². The van der Waals surface area contributed by atoms with Gasteiger partial charge in [-0.3, -0.25) is 4.90 Å². The van der Waals surface area contributed by atoms with Crippen molar-refractivity contribution in [2.45, 2.75) is 113 Å². The van der Waals surface area contributed by atoms with E-state index >= 15 is 0 Å². The Labute approximate surface area is 241 Å². The first kappa shape index (κ1) is 23.9. The molecule has 0 bridgehead atoms. The first-order chi connectivity index (χ1) is 19.9. The van der Waals surface area contributed by atoms with Gasteiger partial charge in [0.2, 0.25) is 0 Å². The number of hydrogen-bond acceptors (Lipinski definition) is 2. The molecule has 210 valence electrons. The summed E-state index contributed by atoms with van der Waals surface area (Å²) in [6, 6.07) is 25.5. The highest BCUT2D eigenvalue weighted by atomic mass is 16.5. The van der Waals surface area contributed by atoms with E-state index in [1.54, 1.807) is 11.1 Å². The minimum atomic E-state index is 0.372. The molecule has 5 saturated carbocycles. The summed E-state index contributed by atoms with van der Waals surface area (Å²) in [4.78, 5) is 3.36. The van der Waals surface area contributed by atoms with Crippen molar-refractivity contribution in [3.8, 4) is 0 Å². The fourth-order valence-electron chi connectivity index (χ4n) is 13.7. The second-order valence-corrected chi connectivity index (χ2v) is 15.6. The van der Waals surface area contributed by atoms with E-state index < -0.39 is 0 Å². The molecule has 5 aliphatic carbocycles. The molecule has 2 aromatic carbocycles. The molecule has 8 fully saturated rings. The summed E-state index contributed by atoms with van der Waals surface area (Å²) in [5.74, 6) is 8.56. The van der Waals surface area contributed by atoms with Crippen LogP contribution in [-0.4, -0.2) is 35.2 Å². The quantitative estimate of drug-likeness (QED) is 0.387. The van der Waals surface area contributed by atoms with Crippen molar-refractivity contribution in [3.05, 3.63) is 71.8 Å². The molecule has 14 unspecified atom stereocenters. The standard InChI is InChI=1S/C38H47NO/c1-3-10-22(11-4-1)30-20-24-14-7-16-26-28-18-9-19-29-27-17-8-15-25-21-31(23-12-5-2-6-13-23)38-36(33(25)27)39(34(28)29)35(32(24)26)37(30)40-38/h1-6,10-13,24-38H,7-9,14-21H2. The van der Waals surface area contributed by atoms with Crippen LogP contribution >= 0.6 is 0 Å². The average Bonchev–Trinajstić information content (AvgIpc) is 3.03. The molecule has 8 aliphatic rings. The Morgan fingerprint density at radius 2 is 0.950 bits per heavy atom. The van der Waals surface area contributed by atoms with Crippen molar-refractivity contribution in [2.75, 3.05) is 0 Å². The van der Waals surface area contributed by atoms with Crippen molar-refractivity contribution in [2.24, 2.45) is 47.3 Å². The summed E-state index contributed by atoms with van der Waals surface area (Å²) in [5, 5.41) is 0. The Morgan fingerprint density at radius 3 is 1.45 bits per heavy atom. The van der Waals surface area contributed by atoms with Crippen LogP contribution in [0.2, 0.25) is 0 Å². The molecule has 0 amide bonds. The fourth-order valence-corrected chi connectivity index (χ4v) is 13.7. The Morgan fingerprint density at radius 1 is 0.500 bits per heavy atom. The first-order valence-electron chi connectivity index (χ1n) is 17.4. The predicted molar refractivity (Wildman–Crippen MR) is 159 cm³/mol. The summed E-state index contributed by atoms with van der Waals surface area (Å²) in [6.45, 7) is 0. The lowest BCUT2D eigenvalue weighted by molar-refractivity contribution is -0.310. The molecule has 2 heteroatoms. The fraction of sp³-hybridized carbons (Fsp3) is 0.684. The van der Waals surface area contributed by atoms with E-state index in [0.717, 1.165) is 53.4 Å². The summed E-state index contributed by atoms with van der Waals surface area (Å²) in [6.07, 6.45) is 17.0. The first-order valence-corrected chi connectivity index (χ1v) is 17.4. The Kier molecular flexibility index (Phi) is 5.33. The molecule has 14 atom stereocenters. The minimum absolute atomic E-state index is 0.372. The molecule has 10 rings (SSSR count). The number of rotatable bonds is 2. The second-order valence-electron chi connectivity index (χ2n) is 15.6. The number of benzene rings is 2. The summed E-state index contributed by atoms with van der Waals surface area (Å²) < 4.78 is 7.83. The maximum absolute atomic E-state index is 7.83. The van der Waals surface area contributed by atoms with Crippen LogP contribution in [-0.2, 0) is 4.74 Å². The molecule has 2 nitrogen and oxygen atoms in total. The molecule has 2 aromatic rings. The Hall–Kier alpha value is -1.64. The predicted octanol–water partition coefficient (Wildman–Crippen LogP) is 8.05. The van der Waals surface area contributed by atoms with Crippen molar-refractivity contribution >= 4 is 0 Å². The van der Waals surface area contributed by atoms with Crippen LogP contribution in [0.15, 0.2) is 60.7 Å². The van der Waals surface area contributed by atoms with Crippen LogP contribution in [0.3, 0.4) is 0 Å². The van der Waals surface area contributed by atoms with E-state index in [0.29, 0.717) is 36.1 Å². The lowest BCUT2D eigenvalue weighted by Gasteiger charge is -2.75. The lowest BCUT2D eigenvalue weighted by atomic mass is 9.44. The molecule has 0 radical (unpaired) electrons. The van der Waals surface area contributed by atoms with Crippen LogP contribution in [0.4, 0.5) is 0 Å². The van der Waals surface area contributed by atoms with E-state index in [1.165, 1.54) is 70.6 Å². The van der Waals surface area contributed by atoms with E-state index in [2.05, 4.69) is 65.6 Å². The molecule has 0 aromatic heterocycles. The van der Waals surface area contributed by atoms with Gasteiger partial charge in [-0.15, -0.1) is 0 Å². The lowest BCUT2D eigenvalue weighted by Crippen LogP contribution is -2.81. The second kappa shape index (κ2) is 8.93. The number of piperidine rings is 2. The number of hydrogen-bond donors (Lipinski definition) is 0. The van der Waals surface area contributed by atoms with Gasteiger partial charge in [0.1, 0.15) is 0 Å². The Bertz CT molecular complexity index is 1150. The molecule has 3 saturated heterocycles. The van der Waals surface area contributed by atoms with Crippen LogP contribution in [0.5, 0.6) is 0 Å². The highest BCUT2D eigenvalue weighted by Gasteiger charge is 2.70. The zero-order chi connectivity index (χ0) is 25.9. The van der Waals surface area contributed by atoms with Gasteiger partial charge < -0.3 is 4.74 Å². The van der Waals surface area contributed by atoms with E-state index in [9.17, 15) is 0 Å². The maximum Gasteiger partial charge on any atom is 0.0806 e. The van der Waals surface area contributed by atoms with Crippen LogP contribution in [0.25, 0.3) is 0 Å². The van der Waals surface area contributed by atoms with Crippen molar-refractivity contribution in [3.63, 3.8) is 0 Å². The number of morpholine rings is 1.